The number of methoxy groups -OCH3 is 2. The highest BCUT2D eigenvalue weighted by molar-refractivity contribution is 5.99. The van der Waals surface area contributed by atoms with Gasteiger partial charge < -0.3 is 45.7 Å². The highest BCUT2D eigenvalue weighted by Crippen LogP contribution is 2.31. The van der Waals surface area contributed by atoms with Crippen LogP contribution in [0.1, 0.15) is 34.6 Å². The van der Waals surface area contributed by atoms with E-state index in [1.165, 1.54) is 26.4 Å². The van der Waals surface area contributed by atoms with E-state index in [4.69, 9.17) is 31.4 Å². The fourth-order valence-corrected chi connectivity index (χ4v) is 4.24. The predicted molar refractivity (Wildman–Crippen MR) is 153 cm³/mol. The number of fused-ring (bicyclic) bond motifs is 2. The van der Waals surface area contributed by atoms with Crippen LogP contribution >= 0.6 is 0 Å². The summed E-state index contributed by atoms with van der Waals surface area (Å²) in [7, 11) is 2.79. The van der Waals surface area contributed by atoms with E-state index < -0.39 is 17.5 Å². The van der Waals surface area contributed by atoms with Crippen LogP contribution in [0.2, 0.25) is 0 Å². The number of amides is 1. The van der Waals surface area contributed by atoms with Crippen molar-refractivity contribution in [3.63, 3.8) is 0 Å². The van der Waals surface area contributed by atoms with Gasteiger partial charge in [0.1, 0.15) is 34.7 Å². The molecule has 13 heteroatoms. The van der Waals surface area contributed by atoms with Crippen LogP contribution in [0.25, 0.3) is 22.1 Å². The zero-order chi connectivity index (χ0) is 29.9. The highest BCUT2D eigenvalue weighted by Gasteiger charge is 2.19. The first-order chi connectivity index (χ1) is 19.4. The number of aliphatic hydroxyl groups is 1. The second-order valence-electron chi connectivity index (χ2n) is 9.53. The number of nitrogens with two attached hydrogens (primary N) is 3. The summed E-state index contributed by atoms with van der Waals surface area (Å²) in [6.45, 7) is 3.72. The molecule has 0 saturated heterocycles. The Morgan fingerprint density at radius 2 is 1.49 bits per heavy atom. The number of nitrogens with zero attached hydrogens (tertiary/aromatic N) is 4. The van der Waals surface area contributed by atoms with E-state index in [-0.39, 0.29) is 24.1 Å². The van der Waals surface area contributed by atoms with Gasteiger partial charge in [0.05, 0.1) is 30.8 Å². The summed E-state index contributed by atoms with van der Waals surface area (Å²) in [5, 5.41) is 9.82. The van der Waals surface area contributed by atoms with E-state index in [0.29, 0.717) is 52.2 Å². The number of anilines is 2. The number of imidazole rings is 2. The molecule has 0 aliphatic heterocycles. The van der Waals surface area contributed by atoms with Crippen molar-refractivity contribution in [1.82, 2.24) is 19.1 Å². The van der Waals surface area contributed by atoms with Gasteiger partial charge in [-0.05, 0) is 38.1 Å². The summed E-state index contributed by atoms with van der Waals surface area (Å²) in [5.41, 5.74) is 19.3. The topological polar surface area (TPSA) is 196 Å². The molecule has 0 unspecified atom stereocenters. The lowest BCUT2D eigenvalue weighted by Gasteiger charge is -2.11. The molecular weight excluding hydrogens is 530 g/mol. The van der Waals surface area contributed by atoms with E-state index in [0.717, 1.165) is 0 Å². The largest absolute Gasteiger partial charge is 0.494 e. The molecule has 2 aromatic carbocycles. The Balaban J connectivity index is 1.63. The third-order valence-electron chi connectivity index (χ3n) is 6.03. The van der Waals surface area contributed by atoms with Gasteiger partial charge in [-0.2, -0.15) is 0 Å². The maximum atomic E-state index is 12.0. The molecule has 0 spiro atoms. The van der Waals surface area contributed by atoms with Crippen LogP contribution in [0.15, 0.2) is 36.4 Å². The molecular formula is C28H31N7O6. The normalized spacial score (nSPS) is 11.5. The van der Waals surface area contributed by atoms with E-state index >= 15 is 0 Å². The lowest BCUT2D eigenvalue weighted by Crippen LogP contribution is -2.15. The average molecular weight is 562 g/mol. The van der Waals surface area contributed by atoms with Gasteiger partial charge in [-0.15, -0.1) is 0 Å². The quantitative estimate of drug-likeness (QED) is 0.133. The Morgan fingerprint density at radius 3 is 2.00 bits per heavy atom. The first-order valence-electron chi connectivity index (χ1n) is 12.4. The number of primary amides is 1. The van der Waals surface area contributed by atoms with Crippen molar-refractivity contribution in [3.05, 3.63) is 47.5 Å². The molecule has 1 amide bonds. The third kappa shape index (κ3) is 6.18. The van der Waals surface area contributed by atoms with Gasteiger partial charge in [0.15, 0.2) is 0 Å². The first-order valence-corrected chi connectivity index (χ1v) is 12.4. The number of rotatable bonds is 9. The number of carbonyl (C=O) groups excluding carboxylic acids is 2. The first kappa shape index (κ1) is 28.8. The zero-order valence-corrected chi connectivity index (χ0v) is 23.1. The van der Waals surface area contributed by atoms with Crippen molar-refractivity contribution >= 4 is 45.8 Å². The summed E-state index contributed by atoms with van der Waals surface area (Å²) in [6.07, 6.45) is 3.72. The van der Waals surface area contributed by atoms with Gasteiger partial charge in [-0.25, -0.2) is 14.8 Å². The SMILES string of the molecule is COC(=O)c1cc(OC)c2c(c1)nc(N)n2C/C=C/Cn1c(N)nc2cc(C(N)=O)cc(OCC#CC(C)(C)O)c21. The summed E-state index contributed by atoms with van der Waals surface area (Å²) < 4.78 is 19.6. The Kier molecular flexibility index (Phi) is 8.06. The van der Waals surface area contributed by atoms with Crippen molar-refractivity contribution in [3.8, 4) is 23.3 Å². The standard InChI is InChI=1S/C28H31N7O6/c1-28(2,38)8-7-11-41-21-14-16(24(29)36)12-18-23(21)35(27(31)32-18)10-6-5-9-34-22-19(33-26(34)30)13-17(25(37)40-4)15-20(22)39-3/h5-6,12-15,38H,9-11H2,1-4H3,(H2,29,36)(H2,30,33)(H2,31,32)/b6-5+. The number of carbonyl (C=O) groups is 2. The van der Waals surface area contributed by atoms with Crippen LogP contribution in [0, 0.1) is 11.8 Å². The Hall–Kier alpha value is -5.22. The molecule has 2 heterocycles. The van der Waals surface area contributed by atoms with Gasteiger partial charge in [-0.1, -0.05) is 24.0 Å². The summed E-state index contributed by atoms with van der Waals surface area (Å²) in [6, 6.07) is 6.20. The number of hydrogen-bond donors (Lipinski definition) is 4. The second-order valence-corrected chi connectivity index (χ2v) is 9.53. The molecule has 0 atom stereocenters. The number of hydrogen-bond acceptors (Lipinski definition) is 10. The molecule has 0 fully saturated rings. The molecule has 0 bridgehead atoms. The van der Waals surface area contributed by atoms with Crippen molar-refractivity contribution in [1.29, 1.82) is 0 Å². The molecule has 13 nitrogen and oxygen atoms in total. The van der Waals surface area contributed by atoms with Crippen LogP contribution in [-0.4, -0.2) is 62.5 Å². The molecule has 0 saturated carbocycles. The number of ether oxygens (including phenoxy) is 3. The lowest BCUT2D eigenvalue weighted by molar-refractivity contribution is 0.0600. The molecule has 7 N–H and O–H groups in total. The highest BCUT2D eigenvalue weighted by atomic mass is 16.5. The Bertz CT molecular complexity index is 1730. The average Bonchev–Trinajstić information content (AvgIpc) is 3.41. The van der Waals surface area contributed by atoms with E-state index in [1.807, 2.05) is 12.2 Å². The summed E-state index contributed by atoms with van der Waals surface area (Å²) >= 11 is 0. The van der Waals surface area contributed by atoms with Crippen molar-refractivity contribution in [2.24, 2.45) is 5.73 Å². The number of aromatic nitrogens is 4. The molecule has 4 aromatic rings. The van der Waals surface area contributed by atoms with Crippen LogP contribution in [0.3, 0.4) is 0 Å². The monoisotopic (exact) mass is 561 g/mol. The van der Waals surface area contributed by atoms with Crippen LogP contribution in [0.5, 0.6) is 11.5 Å². The van der Waals surface area contributed by atoms with Crippen molar-refractivity contribution in [2.75, 3.05) is 32.3 Å². The fraction of sp³-hybridized carbons (Fsp3) is 0.286. The number of benzene rings is 2. The minimum atomic E-state index is -1.18. The summed E-state index contributed by atoms with van der Waals surface area (Å²) in [5.74, 6) is 5.43. The minimum absolute atomic E-state index is 0.0469. The molecule has 0 aliphatic rings. The number of allylic oxidation sites excluding steroid dienone is 2. The molecule has 0 radical (unpaired) electrons. The molecule has 0 aliphatic carbocycles. The van der Waals surface area contributed by atoms with Gasteiger partial charge in [-0.3, -0.25) is 4.79 Å². The van der Waals surface area contributed by atoms with Crippen LogP contribution in [-0.2, 0) is 17.8 Å². The lowest BCUT2D eigenvalue weighted by atomic mass is 10.1. The molecule has 2 aromatic heterocycles. The van der Waals surface area contributed by atoms with E-state index in [1.54, 1.807) is 35.1 Å². The van der Waals surface area contributed by atoms with Crippen LogP contribution < -0.4 is 26.7 Å². The van der Waals surface area contributed by atoms with Gasteiger partial charge in [0, 0.05) is 18.7 Å². The molecule has 214 valence electrons. The van der Waals surface area contributed by atoms with Crippen molar-refractivity contribution in [2.45, 2.75) is 32.5 Å². The van der Waals surface area contributed by atoms with E-state index in [2.05, 4.69) is 21.8 Å². The predicted octanol–water partition coefficient (Wildman–Crippen LogP) is 1.85. The minimum Gasteiger partial charge on any atom is -0.494 e. The smallest absolute Gasteiger partial charge is 0.338 e. The second kappa shape index (κ2) is 11.5. The maximum Gasteiger partial charge on any atom is 0.338 e. The van der Waals surface area contributed by atoms with Gasteiger partial charge >= 0.3 is 5.97 Å². The Labute approximate surface area is 235 Å². The maximum absolute atomic E-state index is 12.0. The van der Waals surface area contributed by atoms with Crippen molar-refractivity contribution < 1.29 is 28.9 Å². The van der Waals surface area contributed by atoms with Gasteiger partial charge in [0.2, 0.25) is 17.8 Å². The Morgan fingerprint density at radius 1 is 0.951 bits per heavy atom. The fourth-order valence-electron chi connectivity index (χ4n) is 4.24. The summed E-state index contributed by atoms with van der Waals surface area (Å²) in [4.78, 5) is 32.7. The van der Waals surface area contributed by atoms with Crippen LogP contribution in [0.4, 0.5) is 11.9 Å². The van der Waals surface area contributed by atoms with Gasteiger partial charge in [0.25, 0.3) is 0 Å². The third-order valence-corrected chi connectivity index (χ3v) is 6.03. The van der Waals surface area contributed by atoms with E-state index in [9.17, 15) is 14.7 Å². The zero-order valence-electron chi connectivity index (χ0n) is 23.1. The molecule has 41 heavy (non-hydrogen) atoms. The number of nitrogen functional groups attached to an aromatic ring is 2. The number of esters is 1. The molecule has 4 rings (SSSR count).